The molecule has 21 heavy (non-hydrogen) atoms. The van der Waals surface area contributed by atoms with Gasteiger partial charge < -0.3 is 15.4 Å². The highest BCUT2D eigenvalue weighted by Crippen LogP contribution is 2.20. The Morgan fingerprint density at radius 3 is 2.81 bits per heavy atom. The fourth-order valence-electron chi connectivity index (χ4n) is 2.17. The minimum atomic E-state index is -0.385. The molecule has 0 fully saturated rings. The first-order valence-electron chi connectivity index (χ1n) is 6.78. The van der Waals surface area contributed by atoms with Crippen LogP contribution in [0, 0.1) is 0 Å². The van der Waals surface area contributed by atoms with Gasteiger partial charge >= 0.3 is 5.97 Å². The summed E-state index contributed by atoms with van der Waals surface area (Å²) in [6.45, 7) is 3.36. The molecule has 110 valence electrons. The average Bonchev–Trinajstić information content (AvgIpc) is 2.52. The number of carbonyl (C=O) groups is 1. The van der Waals surface area contributed by atoms with Gasteiger partial charge in [-0.3, -0.25) is 0 Å². The molecule has 1 heterocycles. The Morgan fingerprint density at radius 1 is 1.33 bits per heavy atom. The van der Waals surface area contributed by atoms with Crippen molar-refractivity contribution >= 4 is 17.5 Å². The van der Waals surface area contributed by atoms with E-state index in [1.165, 1.54) is 7.11 Å². The molecule has 0 aliphatic rings. The predicted octanol–water partition coefficient (Wildman–Crippen LogP) is 2.48. The van der Waals surface area contributed by atoms with Crippen molar-refractivity contribution < 1.29 is 9.53 Å². The van der Waals surface area contributed by atoms with E-state index < -0.39 is 0 Å². The molecule has 2 aromatic rings. The molecule has 2 rings (SSSR count). The van der Waals surface area contributed by atoms with Crippen LogP contribution < -0.4 is 10.6 Å². The normalized spacial score (nSPS) is 10.2. The second-order valence-electron chi connectivity index (χ2n) is 4.63. The Kier molecular flexibility index (Phi) is 4.77. The highest BCUT2D eigenvalue weighted by molar-refractivity contribution is 5.94. The van der Waals surface area contributed by atoms with Crippen molar-refractivity contribution in [2.24, 2.45) is 0 Å². The fourth-order valence-corrected chi connectivity index (χ4v) is 2.17. The number of nitrogen functional groups attached to an aromatic ring is 1. The molecule has 0 atom stereocenters. The third kappa shape index (κ3) is 3.51. The smallest absolute Gasteiger partial charge is 0.341 e. The number of rotatable bonds is 5. The van der Waals surface area contributed by atoms with Gasteiger partial charge in [-0.2, -0.15) is 0 Å². The third-order valence-corrected chi connectivity index (χ3v) is 3.20. The van der Waals surface area contributed by atoms with Crippen molar-refractivity contribution in [1.82, 2.24) is 4.98 Å². The van der Waals surface area contributed by atoms with E-state index in [-0.39, 0.29) is 5.97 Å². The van der Waals surface area contributed by atoms with Crippen molar-refractivity contribution in [3.8, 4) is 0 Å². The minimum absolute atomic E-state index is 0.385. The summed E-state index contributed by atoms with van der Waals surface area (Å²) in [5.41, 5.74) is 8.06. The van der Waals surface area contributed by atoms with E-state index in [1.54, 1.807) is 18.3 Å². The molecule has 1 aromatic heterocycles. The molecule has 0 radical (unpaired) electrons. The summed E-state index contributed by atoms with van der Waals surface area (Å²) >= 11 is 0. The van der Waals surface area contributed by atoms with Gasteiger partial charge in [0.1, 0.15) is 11.4 Å². The Morgan fingerprint density at radius 2 is 2.14 bits per heavy atom. The minimum Gasteiger partial charge on any atom is -0.465 e. The number of carbonyl (C=O) groups excluding carboxylic acids is 1. The SMILES string of the molecule is CCN(Cc1cccc(N)c1)c1ncccc1C(=O)OC. The van der Waals surface area contributed by atoms with Crippen LogP contribution in [-0.4, -0.2) is 24.6 Å². The maximum atomic E-state index is 11.9. The van der Waals surface area contributed by atoms with Gasteiger partial charge in [-0.05, 0) is 36.8 Å². The number of anilines is 2. The molecule has 5 nitrogen and oxygen atoms in total. The van der Waals surface area contributed by atoms with Crippen molar-refractivity contribution in [2.45, 2.75) is 13.5 Å². The number of methoxy groups -OCH3 is 1. The van der Waals surface area contributed by atoms with Gasteiger partial charge in [-0.25, -0.2) is 9.78 Å². The van der Waals surface area contributed by atoms with E-state index in [4.69, 9.17) is 10.5 Å². The van der Waals surface area contributed by atoms with E-state index in [0.29, 0.717) is 17.9 Å². The van der Waals surface area contributed by atoms with E-state index in [1.807, 2.05) is 36.1 Å². The number of nitrogens with two attached hydrogens (primary N) is 1. The van der Waals surface area contributed by atoms with Crippen LogP contribution in [0.3, 0.4) is 0 Å². The molecule has 0 bridgehead atoms. The number of aromatic nitrogens is 1. The first-order chi connectivity index (χ1) is 10.2. The van der Waals surface area contributed by atoms with Crippen LogP contribution in [-0.2, 0) is 11.3 Å². The Bertz CT molecular complexity index is 628. The van der Waals surface area contributed by atoms with Gasteiger partial charge in [-0.1, -0.05) is 12.1 Å². The van der Waals surface area contributed by atoms with Crippen LogP contribution in [0.25, 0.3) is 0 Å². The average molecular weight is 285 g/mol. The maximum Gasteiger partial charge on any atom is 0.341 e. The summed E-state index contributed by atoms with van der Waals surface area (Å²) in [7, 11) is 1.37. The zero-order valence-electron chi connectivity index (χ0n) is 12.2. The number of ether oxygens (including phenoxy) is 1. The number of hydrogen-bond acceptors (Lipinski definition) is 5. The molecular formula is C16H19N3O2. The molecular weight excluding hydrogens is 266 g/mol. The largest absolute Gasteiger partial charge is 0.465 e. The highest BCUT2D eigenvalue weighted by atomic mass is 16.5. The fraction of sp³-hybridized carbons (Fsp3) is 0.250. The Labute approximate surface area is 124 Å². The van der Waals surface area contributed by atoms with Gasteiger partial charge in [0.25, 0.3) is 0 Å². The van der Waals surface area contributed by atoms with Crippen molar-refractivity contribution in [2.75, 3.05) is 24.3 Å². The number of nitrogens with zero attached hydrogens (tertiary/aromatic N) is 2. The van der Waals surface area contributed by atoms with Crippen LogP contribution in [0.5, 0.6) is 0 Å². The molecule has 2 N–H and O–H groups in total. The van der Waals surface area contributed by atoms with Gasteiger partial charge in [0, 0.05) is 25.0 Å². The molecule has 1 aromatic carbocycles. The van der Waals surface area contributed by atoms with E-state index in [0.717, 1.165) is 17.8 Å². The van der Waals surface area contributed by atoms with Crippen LogP contribution in [0.4, 0.5) is 11.5 Å². The second-order valence-corrected chi connectivity index (χ2v) is 4.63. The third-order valence-electron chi connectivity index (χ3n) is 3.20. The van der Waals surface area contributed by atoms with Crippen molar-refractivity contribution in [3.63, 3.8) is 0 Å². The second kappa shape index (κ2) is 6.74. The lowest BCUT2D eigenvalue weighted by molar-refractivity contribution is 0.0601. The van der Waals surface area contributed by atoms with Crippen LogP contribution >= 0.6 is 0 Å². The molecule has 0 spiro atoms. The molecule has 0 saturated heterocycles. The Balaban J connectivity index is 2.31. The van der Waals surface area contributed by atoms with Crippen molar-refractivity contribution in [1.29, 1.82) is 0 Å². The summed E-state index contributed by atoms with van der Waals surface area (Å²) in [4.78, 5) is 18.2. The standard InChI is InChI=1S/C16H19N3O2/c1-3-19(11-12-6-4-7-13(17)10-12)15-14(16(20)21-2)8-5-9-18-15/h4-10H,3,11,17H2,1-2H3. The Hall–Kier alpha value is -2.56. The zero-order chi connectivity index (χ0) is 15.2. The molecule has 0 amide bonds. The topological polar surface area (TPSA) is 68.5 Å². The van der Waals surface area contributed by atoms with E-state index in [9.17, 15) is 4.79 Å². The summed E-state index contributed by atoms with van der Waals surface area (Å²) in [5, 5.41) is 0. The summed E-state index contributed by atoms with van der Waals surface area (Å²) < 4.78 is 4.82. The number of hydrogen-bond donors (Lipinski definition) is 1. The van der Waals surface area contributed by atoms with Gasteiger partial charge in [0.05, 0.1) is 7.11 Å². The molecule has 0 saturated carbocycles. The van der Waals surface area contributed by atoms with Crippen LogP contribution in [0.15, 0.2) is 42.6 Å². The number of pyridine rings is 1. The lowest BCUT2D eigenvalue weighted by Gasteiger charge is -2.23. The number of esters is 1. The zero-order valence-corrected chi connectivity index (χ0v) is 12.2. The maximum absolute atomic E-state index is 11.9. The van der Waals surface area contributed by atoms with Crippen molar-refractivity contribution in [3.05, 3.63) is 53.7 Å². The van der Waals surface area contributed by atoms with Gasteiger partial charge in [0.2, 0.25) is 0 Å². The van der Waals surface area contributed by atoms with Crippen LogP contribution in [0.2, 0.25) is 0 Å². The molecule has 0 aliphatic heterocycles. The van der Waals surface area contributed by atoms with Gasteiger partial charge in [-0.15, -0.1) is 0 Å². The van der Waals surface area contributed by atoms with E-state index >= 15 is 0 Å². The molecule has 5 heteroatoms. The molecule has 0 unspecified atom stereocenters. The summed E-state index contributed by atoms with van der Waals surface area (Å²) in [5.74, 6) is 0.235. The first-order valence-corrected chi connectivity index (χ1v) is 6.78. The molecule has 0 aliphatic carbocycles. The number of benzene rings is 1. The van der Waals surface area contributed by atoms with Crippen LogP contribution in [0.1, 0.15) is 22.8 Å². The van der Waals surface area contributed by atoms with E-state index in [2.05, 4.69) is 4.98 Å². The lowest BCUT2D eigenvalue weighted by Crippen LogP contribution is -2.25. The monoisotopic (exact) mass is 285 g/mol. The summed E-state index contributed by atoms with van der Waals surface area (Å²) in [6, 6.07) is 11.1. The first kappa shape index (κ1) is 14.8. The summed E-state index contributed by atoms with van der Waals surface area (Å²) in [6.07, 6.45) is 1.67. The van der Waals surface area contributed by atoms with Gasteiger partial charge in [0.15, 0.2) is 0 Å². The lowest BCUT2D eigenvalue weighted by atomic mass is 10.1. The highest BCUT2D eigenvalue weighted by Gasteiger charge is 2.17. The predicted molar refractivity (Wildman–Crippen MR) is 83.2 cm³/mol. The quantitative estimate of drug-likeness (QED) is 0.675.